The summed E-state index contributed by atoms with van der Waals surface area (Å²) in [6, 6.07) is 7.95. The van der Waals surface area contributed by atoms with Crippen molar-refractivity contribution in [2.75, 3.05) is 0 Å². The van der Waals surface area contributed by atoms with Gasteiger partial charge in [0.25, 0.3) is 0 Å². The summed E-state index contributed by atoms with van der Waals surface area (Å²) in [5.74, 6) is 0.0655. The Labute approximate surface area is 106 Å². The van der Waals surface area contributed by atoms with Crippen LogP contribution in [-0.2, 0) is 4.79 Å². The average molecular weight is 284 g/mol. The summed E-state index contributed by atoms with van der Waals surface area (Å²) in [4.78, 5) is 11.8. The first-order valence-electron chi connectivity index (χ1n) is 5.38. The lowest BCUT2D eigenvalue weighted by Gasteiger charge is -2.22. The third kappa shape index (κ3) is 3.34. The number of hydrogen-bond donors (Lipinski definition) is 1. The Hall–Kier alpha value is -0.830. The van der Waals surface area contributed by atoms with E-state index in [0.29, 0.717) is 0 Å². The van der Waals surface area contributed by atoms with Crippen LogP contribution in [0.3, 0.4) is 0 Å². The normalized spacial score (nSPS) is 13.3. The lowest BCUT2D eigenvalue weighted by molar-refractivity contribution is -0.129. The van der Waals surface area contributed by atoms with Crippen LogP contribution in [0.5, 0.6) is 0 Å². The maximum atomic E-state index is 11.8. The zero-order valence-corrected chi connectivity index (χ0v) is 11.8. The van der Waals surface area contributed by atoms with Crippen LogP contribution in [-0.4, -0.2) is 5.91 Å². The van der Waals surface area contributed by atoms with Crippen LogP contribution in [0.1, 0.15) is 39.3 Å². The Kier molecular flexibility index (Phi) is 4.14. The zero-order valence-electron chi connectivity index (χ0n) is 10.2. The van der Waals surface area contributed by atoms with Crippen LogP contribution in [0.2, 0.25) is 0 Å². The molecule has 1 aromatic carbocycles. The second-order valence-electron chi connectivity index (χ2n) is 4.97. The molecule has 0 fully saturated rings. The number of halogens is 1. The fraction of sp³-hybridized carbons (Fsp3) is 0.462. The molecule has 0 aromatic heterocycles. The van der Waals surface area contributed by atoms with Crippen molar-refractivity contribution < 1.29 is 4.79 Å². The summed E-state index contributed by atoms with van der Waals surface area (Å²) < 4.78 is 1.02. The highest BCUT2D eigenvalue weighted by atomic mass is 79.9. The van der Waals surface area contributed by atoms with Crippen LogP contribution >= 0.6 is 15.9 Å². The van der Waals surface area contributed by atoms with E-state index in [1.165, 1.54) is 0 Å². The molecule has 0 aliphatic heterocycles. The van der Waals surface area contributed by atoms with Crippen LogP contribution < -0.4 is 5.32 Å². The molecule has 0 aliphatic carbocycles. The molecule has 1 rings (SSSR count). The molecule has 0 radical (unpaired) electrons. The molecule has 1 N–H and O–H groups in total. The lowest BCUT2D eigenvalue weighted by Crippen LogP contribution is -2.36. The fourth-order valence-electron chi connectivity index (χ4n) is 1.32. The van der Waals surface area contributed by atoms with Crippen LogP contribution in [0.15, 0.2) is 28.7 Å². The number of nitrogens with one attached hydrogen (secondary N) is 1. The molecule has 0 spiro atoms. The van der Waals surface area contributed by atoms with Crippen molar-refractivity contribution >= 4 is 21.8 Å². The van der Waals surface area contributed by atoms with E-state index >= 15 is 0 Å². The Bertz CT molecular complexity index is 382. The van der Waals surface area contributed by atoms with E-state index in [1.54, 1.807) is 0 Å². The van der Waals surface area contributed by atoms with Crippen molar-refractivity contribution in [3.63, 3.8) is 0 Å². The summed E-state index contributed by atoms with van der Waals surface area (Å²) >= 11 is 3.49. The van der Waals surface area contributed by atoms with Gasteiger partial charge in [0.2, 0.25) is 5.91 Å². The first-order valence-corrected chi connectivity index (χ1v) is 6.17. The molecule has 0 unspecified atom stereocenters. The van der Waals surface area contributed by atoms with Crippen molar-refractivity contribution in [2.45, 2.75) is 33.7 Å². The highest BCUT2D eigenvalue weighted by Crippen LogP contribution is 2.24. The van der Waals surface area contributed by atoms with Crippen molar-refractivity contribution in [2.24, 2.45) is 5.41 Å². The molecule has 0 aliphatic rings. The minimum Gasteiger partial charge on any atom is -0.349 e. The number of carbonyl (C=O) groups is 1. The summed E-state index contributed by atoms with van der Waals surface area (Å²) in [6.07, 6.45) is 0. The van der Waals surface area contributed by atoms with Crippen molar-refractivity contribution in [1.29, 1.82) is 0 Å². The smallest absolute Gasteiger partial charge is 0.225 e. The zero-order chi connectivity index (χ0) is 12.3. The monoisotopic (exact) mass is 283 g/mol. The van der Waals surface area contributed by atoms with Crippen molar-refractivity contribution in [3.05, 3.63) is 34.3 Å². The first kappa shape index (κ1) is 13.2. The van der Waals surface area contributed by atoms with Gasteiger partial charge in [-0.25, -0.2) is 0 Å². The number of rotatable bonds is 2. The molecule has 0 heterocycles. The van der Waals surface area contributed by atoms with E-state index in [4.69, 9.17) is 0 Å². The van der Waals surface area contributed by atoms with Gasteiger partial charge in [0.15, 0.2) is 0 Å². The van der Waals surface area contributed by atoms with E-state index in [9.17, 15) is 4.79 Å². The van der Waals surface area contributed by atoms with Gasteiger partial charge in [-0.1, -0.05) is 54.9 Å². The predicted molar refractivity (Wildman–Crippen MR) is 70.2 cm³/mol. The third-order valence-electron chi connectivity index (χ3n) is 2.40. The Balaban J connectivity index is 2.78. The van der Waals surface area contributed by atoms with Gasteiger partial charge in [-0.05, 0) is 18.6 Å². The second kappa shape index (κ2) is 5.00. The fourth-order valence-corrected chi connectivity index (χ4v) is 1.95. The predicted octanol–water partition coefficient (Wildman–Crippen LogP) is 3.67. The number of benzene rings is 1. The molecule has 2 nitrogen and oxygen atoms in total. The maximum Gasteiger partial charge on any atom is 0.225 e. The van der Waals surface area contributed by atoms with Crippen molar-refractivity contribution in [3.8, 4) is 0 Å². The molecule has 88 valence electrons. The van der Waals surface area contributed by atoms with Crippen LogP contribution in [0.4, 0.5) is 0 Å². The van der Waals surface area contributed by atoms with Gasteiger partial charge in [-0.15, -0.1) is 0 Å². The van der Waals surface area contributed by atoms with Gasteiger partial charge in [-0.3, -0.25) is 4.79 Å². The summed E-state index contributed by atoms with van der Waals surface area (Å²) in [7, 11) is 0. The molecule has 0 saturated carbocycles. The minimum absolute atomic E-state index is 0.0160. The lowest BCUT2D eigenvalue weighted by atomic mass is 9.95. The van der Waals surface area contributed by atoms with E-state index < -0.39 is 0 Å². The average Bonchev–Trinajstić information content (AvgIpc) is 2.16. The standard InChI is InChI=1S/C13H18BrNO/c1-9(15-12(16)13(2,3)4)10-7-5-6-8-11(10)14/h5-9H,1-4H3,(H,15,16)/t9-/m0/s1. The largest absolute Gasteiger partial charge is 0.349 e. The summed E-state index contributed by atoms with van der Waals surface area (Å²) in [6.45, 7) is 7.73. The Morgan fingerprint density at radius 1 is 1.31 bits per heavy atom. The van der Waals surface area contributed by atoms with E-state index in [2.05, 4.69) is 21.2 Å². The van der Waals surface area contributed by atoms with E-state index in [-0.39, 0.29) is 17.4 Å². The second-order valence-corrected chi connectivity index (χ2v) is 5.82. The van der Waals surface area contributed by atoms with Crippen LogP contribution in [0, 0.1) is 5.41 Å². The quantitative estimate of drug-likeness (QED) is 0.882. The molecule has 1 atom stereocenters. The number of carbonyl (C=O) groups excluding carboxylic acids is 1. The molecule has 3 heteroatoms. The maximum absolute atomic E-state index is 11.8. The molecule has 16 heavy (non-hydrogen) atoms. The number of hydrogen-bond acceptors (Lipinski definition) is 1. The van der Waals surface area contributed by atoms with Gasteiger partial charge in [-0.2, -0.15) is 0 Å². The molecule has 0 saturated heterocycles. The third-order valence-corrected chi connectivity index (χ3v) is 3.12. The minimum atomic E-state index is -0.352. The van der Waals surface area contributed by atoms with Gasteiger partial charge in [0.05, 0.1) is 6.04 Å². The van der Waals surface area contributed by atoms with E-state index in [0.717, 1.165) is 10.0 Å². The Morgan fingerprint density at radius 3 is 2.38 bits per heavy atom. The van der Waals surface area contributed by atoms with Gasteiger partial charge < -0.3 is 5.32 Å². The van der Waals surface area contributed by atoms with Crippen LogP contribution in [0.25, 0.3) is 0 Å². The summed E-state index contributed by atoms with van der Waals surface area (Å²) in [5, 5.41) is 3.01. The van der Waals surface area contributed by atoms with E-state index in [1.807, 2.05) is 52.0 Å². The SMILES string of the molecule is C[C@H](NC(=O)C(C)(C)C)c1ccccc1Br. The summed E-state index contributed by atoms with van der Waals surface area (Å²) in [5.41, 5.74) is 0.746. The van der Waals surface area contributed by atoms with Gasteiger partial charge in [0.1, 0.15) is 0 Å². The Morgan fingerprint density at radius 2 is 1.88 bits per heavy atom. The molecule has 1 aromatic rings. The highest BCUT2D eigenvalue weighted by Gasteiger charge is 2.23. The van der Waals surface area contributed by atoms with Gasteiger partial charge >= 0.3 is 0 Å². The van der Waals surface area contributed by atoms with Gasteiger partial charge in [0, 0.05) is 9.89 Å². The highest BCUT2D eigenvalue weighted by molar-refractivity contribution is 9.10. The molecular weight excluding hydrogens is 266 g/mol. The van der Waals surface area contributed by atoms with Crippen molar-refractivity contribution in [1.82, 2.24) is 5.32 Å². The molecule has 1 amide bonds. The topological polar surface area (TPSA) is 29.1 Å². The first-order chi connectivity index (χ1) is 7.32. The molecule has 0 bridgehead atoms. The number of amides is 1. The molecular formula is C13H18BrNO.